The van der Waals surface area contributed by atoms with Crippen LogP contribution in [-0.2, 0) is 4.74 Å². The Bertz CT molecular complexity index is 691. The van der Waals surface area contributed by atoms with Crippen molar-refractivity contribution >= 4 is 11.9 Å². The van der Waals surface area contributed by atoms with Crippen molar-refractivity contribution in [3.05, 3.63) is 23.9 Å². The molecule has 146 valence electrons. The molecule has 1 aromatic heterocycles. The number of hydrogen-bond acceptors (Lipinski definition) is 5. The number of likely N-dealkylation sites (tertiary alicyclic amines) is 1. The maximum absolute atomic E-state index is 12.2. The van der Waals surface area contributed by atoms with Crippen LogP contribution >= 0.6 is 0 Å². The van der Waals surface area contributed by atoms with E-state index < -0.39 is 5.60 Å². The summed E-state index contributed by atoms with van der Waals surface area (Å²) in [5, 5.41) is 9.03. The lowest BCUT2D eigenvalue weighted by Gasteiger charge is -2.40. The molecular weight excluding hydrogens is 340 g/mol. The number of carbonyl (C=O) groups excluding carboxylic acids is 1. The number of piperidine rings is 2. The van der Waals surface area contributed by atoms with Gasteiger partial charge in [0, 0.05) is 26.2 Å². The summed E-state index contributed by atoms with van der Waals surface area (Å²) in [5.41, 5.74) is 0.0432. The van der Waals surface area contributed by atoms with Crippen molar-refractivity contribution in [3.8, 4) is 6.07 Å². The van der Waals surface area contributed by atoms with Crippen LogP contribution < -0.4 is 4.90 Å². The van der Waals surface area contributed by atoms with E-state index in [4.69, 9.17) is 10.00 Å². The van der Waals surface area contributed by atoms with E-state index >= 15 is 0 Å². The largest absolute Gasteiger partial charge is 0.444 e. The van der Waals surface area contributed by atoms with Crippen LogP contribution in [0.25, 0.3) is 0 Å². The highest BCUT2D eigenvalue weighted by atomic mass is 16.6. The summed E-state index contributed by atoms with van der Waals surface area (Å²) in [6, 6.07) is 7.75. The van der Waals surface area contributed by atoms with Gasteiger partial charge in [0.2, 0.25) is 0 Å². The molecule has 1 amide bonds. The molecule has 0 atom stereocenters. The second-order valence-corrected chi connectivity index (χ2v) is 8.62. The number of amides is 1. The van der Waals surface area contributed by atoms with Crippen LogP contribution in [-0.4, -0.2) is 47.8 Å². The normalized spacial score (nSPS) is 19.6. The van der Waals surface area contributed by atoms with E-state index in [1.165, 1.54) is 0 Å². The molecule has 2 aliphatic rings. The third-order valence-corrected chi connectivity index (χ3v) is 5.57. The number of aromatic nitrogens is 1. The molecule has 0 saturated carbocycles. The highest BCUT2D eigenvalue weighted by molar-refractivity contribution is 5.68. The lowest BCUT2D eigenvalue weighted by Crippen LogP contribution is -2.44. The molecule has 2 aliphatic heterocycles. The van der Waals surface area contributed by atoms with Crippen molar-refractivity contribution in [1.29, 1.82) is 5.26 Å². The van der Waals surface area contributed by atoms with Crippen LogP contribution in [0, 0.1) is 23.2 Å². The summed E-state index contributed by atoms with van der Waals surface area (Å²) >= 11 is 0. The Hall–Kier alpha value is -2.29. The zero-order valence-corrected chi connectivity index (χ0v) is 16.6. The average molecular weight is 370 g/mol. The first-order chi connectivity index (χ1) is 12.9. The van der Waals surface area contributed by atoms with E-state index in [0.29, 0.717) is 17.5 Å². The Morgan fingerprint density at radius 3 is 2.26 bits per heavy atom. The van der Waals surface area contributed by atoms with Crippen LogP contribution in [0.5, 0.6) is 0 Å². The van der Waals surface area contributed by atoms with Gasteiger partial charge in [0.1, 0.15) is 23.2 Å². The van der Waals surface area contributed by atoms with E-state index in [1.807, 2.05) is 37.8 Å². The summed E-state index contributed by atoms with van der Waals surface area (Å²) in [6.07, 6.45) is 4.24. The third-order valence-electron chi connectivity index (χ3n) is 5.57. The predicted octanol–water partition coefficient (Wildman–Crippen LogP) is 3.82. The summed E-state index contributed by atoms with van der Waals surface area (Å²) in [6.45, 7) is 9.29. The molecule has 0 bridgehead atoms. The molecule has 0 aliphatic carbocycles. The van der Waals surface area contributed by atoms with Gasteiger partial charge in [0.15, 0.2) is 0 Å². The standard InChI is InChI=1S/C21H30N4O2/c1-21(2,3)27-20(26)25-13-9-17(10-14-25)16-7-11-24(12-8-16)19-6-4-5-18(15-22)23-19/h4-6,16-17H,7-14H2,1-3H3. The molecule has 6 heteroatoms. The highest BCUT2D eigenvalue weighted by Crippen LogP contribution is 2.33. The van der Waals surface area contributed by atoms with Gasteiger partial charge in [-0.25, -0.2) is 9.78 Å². The highest BCUT2D eigenvalue weighted by Gasteiger charge is 2.32. The average Bonchev–Trinajstić information content (AvgIpc) is 2.67. The molecular formula is C21H30N4O2. The smallest absolute Gasteiger partial charge is 0.410 e. The Morgan fingerprint density at radius 2 is 1.70 bits per heavy atom. The number of nitriles is 1. The molecule has 0 radical (unpaired) electrons. The summed E-state index contributed by atoms with van der Waals surface area (Å²) in [7, 11) is 0. The molecule has 3 rings (SSSR count). The number of rotatable bonds is 2. The van der Waals surface area contributed by atoms with Gasteiger partial charge in [-0.2, -0.15) is 5.26 Å². The van der Waals surface area contributed by atoms with Crippen molar-refractivity contribution in [2.75, 3.05) is 31.1 Å². The molecule has 0 aromatic carbocycles. The summed E-state index contributed by atoms with van der Waals surface area (Å²) in [4.78, 5) is 20.8. The van der Waals surface area contributed by atoms with Gasteiger partial charge in [-0.15, -0.1) is 0 Å². The minimum atomic E-state index is -0.433. The minimum Gasteiger partial charge on any atom is -0.444 e. The fourth-order valence-electron chi connectivity index (χ4n) is 4.14. The van der Waals surface area contributed by atoms with Gasteiger partial charge in [-0.05, 0) is 70.4 Å². The predicted molar refractivity (Wildman–Crippen MR) is 104 cm³/mol. The number of nitrogens with zero attached hydrogens (tertiary/aromatic N) is 4. The van der Waals surface area contributed by atoms with Crippen LogP contribution in [0.2, 0.25) is 0 Å². The lowest BCUT2D eigenvalue weighted by molar-refractivity contribution is 0.0152. The number of anilines is 1. The van der Waals surface area contributed by atoms with E-state index in [9.17, 15) is 4.79 Å². The first-order valence-corrected chi connectivity index (χ1v) is 9.96. The number of hydrogen-bond donors (Lipinski definition) is 0. The second-order valence-electron chi connectivity index (χ2n) is 8.62. The quantitative estimate of drug-likeness (QED) is 0.791. The molecule has 27 heavy (non-hydrogen) atoms. The molecule has 3 heterocycles. The van der Waals surface area contributed by atoms with Crippen LogP contribution in [0.3, 0.4) is 0 Å². The molecule has 0 spiro atoms. The molecule has 2 fully saturated rings. The zero-order valence-electron chi connectivity index (χ0n) is 16.6. The summed E-state index contributed by atoms with van der Waals surface area (Å²) in [5.74, 6) is 2.30. The SMILES string of the molecule is CC(C)(C)OC(=O)N1CCC(C2CCN(c3cccc(C#N)n3)CC2)CC1. The van der Waals surface area contributed by atoms with Gasteiger partial charge in [-0.3, -0.25) is 0 Å². The third kappa shape index (κ3) is 5.12. The van der Waals surface area contributed by atoms with Gasteiger partial charge < -0.3 is 14.5 Å². The first-order valence-electron chi connectivity index (χ1n) is 9.96. The van der Waals surface area contributed by atoms with Gasteiger partial charge >= 0.3 is 6.09 Å². The van der Waals surface area contributed by atoms with Crippen molar-refractivity contribution in [3.63, 3.8) is 0 Å². The van der Waals surface area contributed by atoms with E-state index in [1.54, 1.807) is 6.07 Å². The Kier molecular flexibility index (Phi) is 5.88. The molecule has 1 aromatic rings. The van der Waals surface area contributed by atoms with Crippen molar-refractivity contribution < 1.29 is 9.53 Å². The van der Waals surface area contributed by atoms with Gasteiger partial charge in [-0.1, -0.05) is 6.07 Å². The Balaban J connectivity index is 1.47. The molecule has 2 saturated heterocycles. The van der Waals surface area contributed by atoms with Crippen molar-refractivity contribution in [1.82, 2.24) is 9.88 Å². The first kappa shape index (κ1) is 19.5. The van der Waals surface area contributed by atoms with E-state index in [0.717, 1.165) is 57.7 Å². The number of pyridine rings is 1. The van der Waals surface area contributed by atoms with Crippen molar-refractivity contribution in [2.24, 2.45) is 11.8 Å². The Labute approximate surface area is 162 Å². The van der Waals surface area contributed by atoms with E-state index in [2.05, 4.69) is 16.0 Å². The fraction of sp³-hybridized carbons (Fsp3) is 0.667. The van der Waals surface area contributed by atoms with E-state index in [-0.39, 0.29) is 6.09 Å². The monoisotopic (exact) mass is 370 g/mol. The van der Waals surface area contributed by atoms with Gasteiger partial charge in [0.25, 0.3) is 0 Å². The van der Waals surface area contributed by atoms with Crippen LogP contribution in [0.4, 0.5) is 10.6 Å². The van der Waals surface area contributed by atoms with Crippen LogP contribution in [0.1, 0.15) is 52.1 Å². The van der Waals surface area contributed by atoms with Gasteiger partial charge in [0.05, 0.1) is 0 Å². The molecule has 0 unspecified atom stereocenters. The van der Waals surface area contributed by atoms with Crippen LogP contribution in [0.15, 0.2) is 18.2 Å². The number of ether oxygens (including phenoxy) is 1. The molecule has 0 N–H and O–H groups in total. The maximum Gasteiger partial charge on any atom is 0.410 e. The second kappa shape index (κ2) is 8.16. The zero-order chi connectivity index (χ0) is 19.4. The maximum atomic E-state index is 12.2. The number of carbonyl (C=O) groups is 1. The lowest BCUT2D eigenvalue weighted by atomic mass is 9.79. The fourth-order valence-corrected chi connectivity index (χ4v) is 4.14. The molecule has 6 nitrogen and oxygen atoms in total. The van der Waals surface area contributed by atoms with Crippen molar-refractivity contribution in [2.45, 2.75) is 52.1 Å². The Morgan fingerprint density at radius 1 is 1.11 bits per heavy atom. The topological polar surface area (TPSA) is 69.5 Å². The summed E-state index contributed by atoms with van der Waals surface area (Å²) < 4.78 is 5.49. The minimum absolute atomic E-state index is 0.181.